The monoisotopic (exact) mass is 320 g/mol. The highest BCUT2D eigenvalue weighted by Gasteiger charge is 2.37. The topological polar surface area (TPSA) is 55.1 Å². The van der Waals surface area contributed by atoms with E-state index >= 15 is 0 Å². The lowest BCUT2D eigenvalue weighted by atomic mass is 9.86. The van der Waals surface area contributed by atoms with Crippen molar-refractivity contribution in [3.63, 3.8) is 0 Å². The standard InChI is InChI=1S/C16H20N2OS2/c1-2-18-16(15(17)19,13-7-4-3-5-8-13)10-12-21-14-9-6-11-20-14/h3-9,11,18H,2,10,12H2,1H3,(H2,17,19). The van der Waals surface area contributed by atoms with Crippen molar-refractivity contribution in [3.05, 3.63) is 53.4 Å². The fraction of sp³-hybridized carbons (Fsp3) is 0.312. The third-order valence-electron chi connectivity index (χ3n) is 3.38. The number of likely N-dealkylation sites (N-methyl/N-ethyl adjacent to an activating group) is 1. The summed E-state index contributed by atoms with van der Waals surface area (Å²) in [7, 11) is 0. The summed E-state index contributed by atoms with van der Waals surface area (Å²) in [6.45, 7) is 2.69. The Hall–Kier alpha value is -1.30. The molecule has 1 aromatic heterocycles. The molecule has 2 aromatic rings. The predicted molar refractivity (Wildman–Crippen MR) is 90.7 cm³/mol. The van der Waals surface area contributed by atoms with Crippen LogP contribution in [0.2, 0.25) is 0 Å². The first kappa shape index (κ1) is 16.1. The normalized spacial score (nSPS) is 13.8. The summed E-state index contributed by atoms with van der Waals surface area (Å²) in [6, 6.07) is 13.9. The highest BCUT2D eigenvalue weighted by Crippen LogP contribution is 2.30. The molecule has 0 aliphatic heterocycles. The van der Waals surface area contributed by atoms with E-state index in [-0.39, 0.29) is 5.91 Å². The van der Waals surface area contributed by atoms with E-state index in [1.807, 2.05) is 43.3 Å². The van der Waals surface area contributed by atoms with E-state index in [2.05, 4.69) is 16.8 Å². The van der Waals surface area contributed by atoms with Crippen LogP contribution < -0.4 is 11.1 Å². The van der Waals surface area contributed by atoms with E-state index in [0.29, 0.717) is 13.0 Å². The lowest BCUT2D eigenvalue weighted by molar-refractivity contribution is -0.124. The molecule has 0 aliphatic carbocycles. The van der Waals surface area contributed by atoms with Crippen LogP contribution in [-0.2, 0) is 10.3 Å². The molecule has 3 nitrogen and oxygen atoms in total. The Balaban J connectivity index is 2.16. The van der Waals surface area contributed by atoms with Crippen molar-refractivity contribution < 1.29 is 4.79 Å². The van der Waals surface area contributed by atoms with E-state index in [9.17, 15) is 4.79 Å². The molecule has 0 saturated carbocycles. The van der Waals surface area contributed by atoms with Gasteiger partial charge < -0.3 is 5.73 Å². The number of thiophene rings is 1. The van der Waals surface area contributed by atoms with Crippen molar-refractivity contribution in [1.29, 1.82) is 0 Å². The number of primary amides is 1. The molecule has 1 heterocycles. The zero-order valence-corrected chi connectivity index (χ0v) is 13.7. The fourth-order valence-corrected chi connectivity index (χ4v) is 4.28. The van der Waals surface area contributed by atoms with Gasteiger partial charge in [0.15, 0.2) is 0 Å². The average Bonchev–Trinajstić information content (AvgIpc) is 3.00. The van der Waals surface area contributed by atoms with Gasteiger partial charge in [0.25, 0.3) is 0 Å². The van der Waals surface area contributed by atoms with Crippen LogP contribution in [0.5, 0.6) is 0 Å². The van der Waals surface area contributed by atoms with Gasteiger partial charge in [0.2, 0.25) is 5.91 Å². The third kappa shape index (κ3) is 3.87. The number of nitrogens with one attached hydrogen (secondary N) is 1. The summed E-state index contributed by atoms with van der Waals surface area (Å²) in [5.74, 6) is 0.521. The maximum atomic E-state index is 12.2. The van der Waals surface area contributed by atoms with Crippen LogP contribution in [0, 0.1) is 0 Å². The third-order valence-corrected chi connectivity index (χ3v) is 5.51. The highest BCUT2D eigenvalue weighted by atomic mass is 32.2. The van der Waals surface area contributed by atoms with Crippen LogP contribution in [0.25, 0.3) is 0 Å². The summed E-state index contributed by atoms with van der Waals surface area (Å²) in [6.07, 6.45) is 0.669. The van der Waals surface area contributed by atoms with Gasteiger partial charge >= 0.3 is 0 Å². The maximum absolute atomic E-state index is 12.2. The summed E-state index contributed by atoms with van der Waals surface area (Å²) in [5, 5.41) is 5.37. The molecular weight excluding hydrogens is 300 g/mol. The number of hydrogen-bond acceptors (Lipinski definition) is 4. The first-order valence-electron chi connectivity index (χ1n) is 6.96. The Kier molecular flexibility index (Phi) is 5.85. The number of rotatable bonds is 8. The Bertz CT molecular complexity index is 557. The first-order valence-corrected chi connectivity index (χ1v) is 8.82. The van der Waals surface area contributed by atoms with E-state index < -0.39 is 5.54 Å². The van der Waals surface area contributed by atoms with Gasteiger partial charge in [-0.1, -0.05) is 43.3 Å². The van der Waals surface area contributed by atoms with Crippen LogP contribution in [0.15, 0.2) is 52.1 Å². The van der Waals surface area contributed by atoms with Gasteiger partial charge in [0, 0.05) is 5.75 Å². The smallest absolute Gasteiger partial charge is 0.242 e. The Labute approximate surface area is 133 Å². The lowest BCUT2D eigenvalue weighted by Crippen LogP contribution is -2.53. The van der Waals surface area contributed by atoms with E-state index in [1.165, 1.54) is 4.21 Å². The van der Waals surface area contributed by atoms with Gasteiger partial charge in [-0.25, -0.2) is 0 Å². The average molecular weight is 320 g/mol. The molecule has 5 heteroatoms. The second-order valence-electron chi connectivity index (χ2n) is 4.70. The largest absolute Gasteiger partial charge is 0.368 e. The van der Waals surface area contributed by atoms with Crippen LogP contribution in [0.3, 0.4) is 0 Å². The summed E-state index contributed by atoms with van der Waals surface area (Å²) in [4.78, 5) is 12.2. The van der Waals surface area contributed by atoms with Crippen molar-refractivity contribution >= 4 is 29.0 Å². The Morgan fingerprint density at radius 3 is 2.62 bits per heavy atom. The van der Waals surface area contributed by atoms with Crippen molar-refractivity contribution in [3.8, 4) is 0 Å². The number of benzene rings is 1. The van der Waals surface area contributed by atoms with Crippen LogP contribution in [-0.4, -0.2) is 18.2 Å². The second kappa shape index (κ2) is 7.64. The molecule has 0 radical (unpaired) electrons. The quantitative estimate of drug-likeness (QED) is 0.734. The zero-order valence-electron chi connectivity index (χ0n) is 12.0. The number of hydrogen-bond donors (Lipinski definition) is 2. The van der Waals surface area contributed by atoms with Gasteiger partial charge in [0.1, 0.15) is 5.54 Å². The molecule has 2 rings (SSSR count). The minimum absolute atomic E-state index is 0.317. The number of carbonyl (C=O) groups is 1. The van der Waals surface area contributed by atoms with Crippen molar-refractivity contribution in [2.24, 2.45) is 5.73 Å². The van der Waals surface area contributed by atoms with E-state index in [1.54, 1.807) is 23.1 Å². The lowest BCUT2D eigenvalue weighted by Gasteiger charge is -2.32. The van der Waals surface area contributed by atoms with Crippen LogP contribution >= 0.6 is 23.1 Å². The molecule has 0 bridgehead atoms. The molecule has 0 spiro atoms. The summed E-state index contributed by atoms with van der Waals surface area (Å²) >= 11 is 3.48. The van der Waals surface area contributed by atoms with Gasteiger partial charge in [-0.05, 0) is 30.0 Å². The van der Waals surface area contributed by atoms with Crippen LogP contribution in [0.4, 0.5) is 0 Å². The number of carbonyl (C=O) groups excluding carboxylic acids is 1. The SMILES string of the molecule is CCNC(CCSc1cccs1)(C(N)=O)c1ccccc1. The van der Waals surface area contributed by atoms with Gasteiger partial charge in [0.05, 0.1) is 4.21 Å². The van der Waals surface area contributed by atoms with Gasteiger partial charge in [-0.2, -0.15) is 0 Å². The van der Waals surface area contributed by atoms with Crippen molar-refractivity contribution in [2.75, 3.05) is 12.3 Å². The van der Waals surface area contributed by atoms with Gasteiger partial charge in [-0.15, -0.1) is 23.1 Å². The number of amides is 1. The number of thioether (sulfide) groups is 1. The number of nitrogens with two attached hydrogens (primary N) is 1. The molecule has 21 heavy (non-hydrogen) atoms. The molecule has 0 aliphatic rings. The molecule has 1 atom stereocenters. The summed E-state index contributed by atoms with van der Waals surface area (Å²) < 4.78 is 1.26. The molecule has 0 fully saturated rings. The minimum Gasteiger partial charge on any atom is -0.368 e. The predicted octanol–water partition coefficient (Wildman–Crippen LogP) is 3.22. The highest BCUT2D eigenvalue weighted by molar-refractivity contribution is 8.01. The molecule has 112 valence electrons. The van der Waals surface area contributed by atoms with Crippen molar-refractivity contribution in [2.45, 2.75) is 23.1 Å². The maximum Gasteiger partial charge on any atom is 0.242 e. The van der Waals surface area contributed by atoms with Gasteiger partial charge in [-0.3, -0.25) is 10.1 Å². The van der Waals surface area contributed by atoms with E-state index in [0.717, 1.165) is 11.3 Å². The fourth-order valence-electron chi connectivity index (χ4n) is 2.36. The molecule has 1 amide bonds. The van der Waals surface area contributed by atoms with E-state index in [4.69, 9.17) is 5.73 Å². The Morgan fingerprint density at radius 2 is 2.05 bits per heavy atom. The Morgan fingerprint density at radius 1 is 1.29 bits per heavy atom. The second-order valence-corrected chi connectivity index (χ2v) is 7.04. The molecular formula is C16H20N2OS2. The molecule has 3 N–H and O–H groups in total. The zero-order chi connectivity index (χ0) is 15.1. The van der Waals surface area contributed by atoms with Crippen molar-refractivity contribution in [1.82, 2.24) is 5.32 Å². The molecule has 0 saturated heterocycles. The molecule has 1 unspecified atom stereocenters. The minimum atomic E-state index is -0.791. The van der Waals surface area contributed by atoms with Crippen LogP contribution in [0.1, 0.15) is 18.9 Å². The first-order chi connectivity index (χ1) is 10.2. The molecule has 1 aromatic carbocycles. The summed E-state index contributed by atoms with van der Waals surface area (Å²) in [5.41, 5.74) is 5.89.